The minimum Gasteiger partial charge on any atom is -0.480 e. The Hall–Kier alpha value is -1.23. The van der Waals surface area contributed by atoms with E-state index in [0.717, 1.165) is 0 Å². The van der Waals surface area contributed by atoms with Crippen LogP contribution in [0.2, 0.25) is 0 Å². The maximum absolute atomic E-state index is 10.6. The van der Waals surface area contributed by atoms with E-state index in [2.05, 4.69) is 5.32 Å². The fraction of sp³-hybridized carbons (Fsp3) is 0.400. The molecule has 5 nitrogen and oxygen atoms in total. The van der Waals surface area contributed by atoms with Crippen LogP contribution in [0.1, 0.15) is 0 Å². The molecule has 0 bridgehead atoms. The normalized spacial score (nSPS) is 25.4. The molecule has 54 valence electrons. The zero-order chi connectivity index (χ0) is 7.72. The summed E-state index contributed by atoms with van der Waals surface area (Å²) in [5.41, 5.74) is 0. The van der Waals surface area contributed by atoms with Crippen molar-refractivity contribution in [3.8, 4) is 0 Å². The highest BCUT2D eigenvalue weighted by Crippen LogP contribution is 1.96. The molecule has 5 heteroatoms. The van der Waals surface area contributed by atoms with Gasteiger partial charge in [0.2, 0.25) is 11.6 Å². The van der Waals surface area contributed by atoms with Gasteiger partial charge in [-0.15, -0.1) is 0 Å². The molecule has 1 atom stereocenters. The maximum Gasteiger partial charge on any atom is 0.329 e. The lowest BCUT2D eigenvalue weighted by atomic mass is 10.2. The van der Waals surface area contributed by atoms with E-state index in [-0.39, 0.29) is 6.54 Å². The molecule has 0 saturated carbocycles. The molecule has 0 radical (unpaired) electrons. The van der Waals surface area contributed by atoms with Crippen molar-refractivity contribution >= 4 is 17.5 Å². The summed E-state index contributed by atoms with van der Waals surface area (Å²) < 4.78 is 0. The van der Waals surface area contributed by atoms with Crippen LogP contribution in [0.25, 0.3) is 0 Å². The molecule has 1 aliphatic rings. The zero-order valence-corrected chi connectivity index (χ0v) is 4.96. The molecule has 1 rings (SSSR count). The first kappa shape index (κ1) is 6.88. The maximum atomic E-state index is 10.6. The highest BCUT2D eigenvalue weighted by molar-refractivity contribution is 6.45. The summed E-state index contributed by atoms with van der Waals surface area (Å²) in [4.78, 5) is 31.1. The van der Waals surface area contributed by atoms with Gasteiger partial charge >= 0.3 is 5.97 Å². The smallest absolute Gasteiger partial charge is 0.329 e. The molecule has 0 aliphatic carbocycles. The molecule has 1 aliphatic heterocycles. The zero-order valence-electron chi connectivity index (χ0n) is 4.96. The Balaban J connectivity index is 2.76. The number of carboxylic acid groups (broad SMARTS) is 1. The lowest BCUT2D eigenvalue weighted by Crippen LogP contribution is -2.35. The van der Waals surface area contributed by atoms with Gasteiger partial charge < -0.3 is 5.11 Å². The molecule has 0 unspecified atom stereocenters. The topological polar surface area (TPSA) is 83.5 Å². The molecule has 0 aromatic heterocycles. The monoisotopic (exact) mass is 143 g/mol. The molecule has 0 aromatic carbocycles. The van der Waals surface area contributed by atoms with E-state index in [1.165, 1.54) is 0 Å². The predicted molar refractivity (Wildman–Crippen MR) is 29.4 cm³/mol. The molecule has 0 spiro atoms. The number of aliphatic carboxylic acids is 1. The summed E-state index contributed by atoms with van der Waals surface area (Å²) >= 11 is 0. The van der Waals surface area contributed by atoms with Crippen LogP contribution >= 0.6 is 0 Å². The Kier molecular flexibility index (Phi) is 1.50. The minimum atomic E-state index is -1.31. The fourth-order valence-electron chi connectivity index (χ4n) is 0.735. The van der Waals surface area contributed by atoms with Gasteiger partial charge in [0.05, 0.1) is 6.54 Å². The van der Waals surface area contributed by atoms with E-state index >= 15 is 0 Å². The van der Waals surface area contributed by atoms with Crippen molar-refractivity contribution in [2.24, 2.45) is 0 Å². The number of rotatable bonds is 1. The standard InChI is InChI=1S/C5H5NO4/c7-2-1-6-3(4(2)8)5(9)10/h3,6H,1H2,(H,9,10)/t3-/m0/s1. The molecule has 1 heterocycles. The summed E-state index contributed by atoms with van der Waals surface area (Å²) in [5.74, 6) is -2.81. The summed E-state index contributed by atoms with van der Waals surface area (Å²) in [6.07, 6.45) is 0. The van der Waals surface area contributed by atoms with E-state index in [9.17, 15) is 14.4 Å². The Bertz CT molecular complexity index is 210. The van der Waals surface area contributed by atoms with E-state index in [4.69, 9.17) is 5.11 Å². The van der Waals surface area contributed by atoms with Crippen LogP contribution in [0.5, 0.6) is 0 Å². The SMILES string of the molecule is O=C1CN[C@H](C(=O)O)C1=O. The van der Waals surface area contributed by atoms with Crippen LogP contribution in [0.4, 0.5) is 0 Å². The molecule has 10 heavy (non-hydrogen) atoms. The quantitative estimate of drug-likeness (QED) is 0.333. The third-order valence-corrected chi connectivity index (χ3v) is 1.25. The van der Waals surface area contributed by atoms with Gasteiger partial charge in [-0.3, -0.25) is 19.7 Å². The van der Waals surface area contributed by atoms with Crippen LogP contribution in [-0.2, 0) is 14.4 Å². The number of Topliss-reactive ketones (excluding diaryl/α,β-unsaturated/α-hetero) is 2. The van der Waals surface area contributed by atoms with Crippen molar-refractivity contribution in [2.45, 2.75) is 6.04 Å². The number of nitrogens with one attached hydrogen (secondary N) is 1. The Morgan fingerprint density at radius 1 is 1.60 bits per heavy atom. The molecule has 1 saturated heterocycles. The van der Waals surface area contributed by atoms with Crippen molar-refractivity contribution in [2.75, 3.05) is 6.54 Å². The summed E-state index contributed by atoms with van der Waals surface area (Å²) in [6.45, 7) is -0.157. The average molecular weight is 143 g/mol. The Morgan fingerprint density at radius 2 is 2.20 bits per heavy atom. The largest absolute Gasteiger partial charge is 0.480 e. The third-order valence-electron chi connectivity index (χ3n) is 1.25. The molecule has 0 aromatic rings. The van der Waals surface area contributed by atoms with E-state index in [0.29, 0.717) is 0 Å². The summed E-state index contributed by atoms with van der Waals surface area (Å²) in [5, 5.41) is 10.5. The second-order valence-electron chi connectivity index (χ2n) is 1.94. The third kappa shape index (κ3) is 0.906. The number of ketones is 2. The fourth-order valence-corrected chi connectivity index (χ4v) is 0.735. The molecular weight excluding hydrogens is 138 g/mol. The van der Waals surface area contributed by atoms with Gasteiger partial charge in [0.15, 0.2) is 6.04 Å². The summed E-state index contributed by atoms with van der Waals surface area (Å²) in [7, 11) is 0. The average Bonchev–Trinajstić information content (AvgIpc) is 2.14. The van der Waals surface area contributed by atoms with Gasteiger partial charge in [-0.2, -0.15) is 0 Å². The minimum absolute atomic E-state index is 0.157. The van der Waals surface area contributed by atoms with Gasteiger partial charge in [0, 0.05) is 0 Å². The first-order valence-corrected chi connectivity index (χ1v) is 2.66. The summed E-state index contributed by atoms with van der Waals surface area (Å²) in [6, 6.07) is -1.31. The van der Waals surface area contributed by atoms with Crippen LogP contribution in [0.3, 0.4) is 0 Å². The van der Waals surface area contributed by atoms with E-state index in [1.54, 1.807) is 0 Å². The second kappa shape index (κ2) is 2.18. The first-order chi connectivity index (χ1) is 4.63. The number of carbonyl (C=O) groups is 3. The second-order valence-corrected chi connectivity index (χ2v) is 1.94. The number of carbonyl (C=O) groups excluding carboxylic acids is 2. The van der Waals surface area contributed by atoms with Crippen molar-refractivity contribution in [3.63, 3.8) is 0 Å². The van der Waals surface area contributed by atoms with E-state index in [1.807, 2.05) is 0 Å². The van der Waals surface area contributed by atoms with Crippen molar-refractivity contribution in [3.05, 3.63) is 0 Å². The lowest BCUT2D eigenvalue weighted by molar-refractivity contribution is -0.144. The predicted octanol–water partition coefficient (Wildman–Crippen LogP) is -1.82. The molecule has 2 N–H and O–H groups in total. The first-order valence-electron chi connectivity index (χ1n) is 2.66. The number of carboxylic acids is 1. The van der Waals surface area contributed by atoms with Gasteiger partial charge in [0.25, 0.3) is 0 Å². The van der Waals surface area contributed by atoms with Gasteiger partial charge in [0.1, 0.15) is 0 Å². The van der Waals surface area contributed by atoms with Crippen molar-refractivity contribution in [1.82, 2.24) is 5.32 Å². The highest BCUT2D eigenvalue weighted by Gasteiger charge is 2.36. The molecular formula is C5H5NO4. The van der Waals surface area contributed by atoms with E-state index < -0.39 is 23.6 Å². The highest BCUT2D eigenvalue weighted by atomic mass is 16.4. The van der Waals surface area contributed by atoms with Crippen LogP contribution in [-0.4, -0.2) is 35.2 Å². The van der Waals surface area contributed by atoms with Gasteiger partial charge in [-0.05, 0) is 0 Å². The Labute approximate surface area is 56.0 Å². The van der Waals surface area contributed by atoms with Gasteiger partial charge in [-0.1, -0.05) is 0 Å². The molecule has 0 amide bonds. The Morgan fingerprint density at radius 3 is 2.40 bits per heavy atom. The van der Waals surface area contributed by atoms with Crippen molar-refractivity contribution < 1.29 is 19.5 Å². The molecule has 1 fully saturated rings. The lowest BCUT2D eigenvalue weighted by Gasteiger charge is -1.97. The number of hydrogen-bond donors (Lipinski definition) is 2. The van der Waals surface area contributed by atoms with Crippen molar-refractivity contribution in [1.29, 1.82) is 0 Å². The van der Waals surface area contributed by atoms with Crippen LogP contribution in [0.15, 0.2) is 0 Å². The van der Waals surface area contributed by atoms with Gasteiger partial charge in [-0.25, -0.2) is 0 Å². The van der Waals surface area contributed by atoms with Crippen LogP contribution in [0, 0.1) is 0 Å². The van der Waals surface area contributed by atoms with Crippen LogP contribution < -0.4 is 5.32 Å². The number of hydrogen-bond acceptors (Lipinski definition) is 4.